The predicted molar refractivity (Wildman–Crippen MR) is 377 cm³/mol. The minimum Gasteiger partial charge on any atom is -0.481 e. The molecule has 6 rings (SSSR count). The summed E-state index contributed by atoms with van der Waals surface area (Å²) in [6.07, 6.45) is 23.8. The Morgan fingerprint density at radius 3 is 1.32 bits per heavy atom. The highest BCUT2D eigenvalue weighted by atomic mass is 32.2. The van der Waals surface area contributed by atoms with Gasteiger partial charge in [0.1, 0.15) is 0 Å². The van der Waals surface area contributed by atoms with Gasteiger partial charge in [-0.3, -0.25) is 23.4 Å². The summed E-state index contributed by atoms with van der Waals surface area (Å²) in [6, 6.07) is 22.2. The Morgan fingerprint density at radius 2 is 0.870 bits per heavy atom. The maximum atomic E-state index is 13.3. The van der Waals surface area contributed by atoms with Gasteiger partial charge in [0, 0.05) is 37.4 Å². The molecule has 0 amide bonds. The van der Waals surface area contributed by atoms with E-state index in [2.05, 4.69) is 63.1 Å². The van der Waals surface area contributed by atoms with Crippen molar-refractivity contribution < 1.29 is 68.4 Å². The average molecular weight is 1350 g/mol. The number of sulfonamides is 2. The Balaban J connectivity index is 0.000000682. The molecule has 22 heteroatoms. The number of aryl methyl sites for hydroxylation is 3. The second-order valence-electron chi connectivity index (χ2n) is 28.2. The van der Waals surface area contributed by atoms with Crippen molar-refractivity contribution in [3.63, 3.8) is 0 Å². The van der Waals surface area contributed by atoms with Crippen LogP contribution >= 0.6 is 0 Å². The maximum Gasteiger partial charge on any atom is 0.305 e. The first kappa shape index (κ1) is 85.3. The first-order valence-corrected chi connectivity index (χ1v) is 37.4. The van der Waals surface area contributed by atoms with Crippen molar-refractivity contribution in [2.24, 2.45) is 5.41 Å². The van der Waals surface area contributed by atoms with Crippen LogP contribution in [-0.4, -0.2) is 177 Å². The lowest BCUT2D eigenvalue weighted by atomic mass is 9.78. The van der Waals surface area contributed by atoms with Crippen LogP contribution < -0.4 is 18.5 Å². The smallest absolute Gasteiger partial charge is 0.305 e. The van der Waals surface area contributed by atoms with Crippen molar-refractivity contribution in [1.82, 2.24) is 9.44 Å². The second kappa shape index (κ2) is 38.8. The van der Waals surface area contributed by atoms with Crippen molar-refractivity contribution in [2.45, 2.75) is 204 Å². The number of piperidine rings is 2. The number of carbonyl (C=O) groups is 3. The molecule has 6 N–H and O–H groups in total. The first-order chi connectivity index (χ1) is 41.6. The summed E-state index contributed by atoms with van der Waals surface area (Å²) < 4.78 is 89.2. The fourth-order valence-corrected chi connectivity index (χ4v) is 17.7. The number of hydrogen-bond acceptors (Lipinski definition) is 9. The van der Waals surface area contributed by atoms with E-state index in [0.717, 1.165) is 94.0 Å². The fraction of sp³-hybridized carbons (Fsp3) is 0.657. The maximum absolute atomic E-state index is 13.3. The molecule has 3 fully saturated rings. The number of nitrogens with one attached hydrogen (secondary N) is 3. The van der Waals surface area contributed by atoms with Crippen LogP contribution in [0.2, 0.25) is 0 Å². The Kier molecular flexibility index (Phi) is 36.0. The Labute approximate surface area is 558 Å². The molecule has 2 atom stereocenters. The van der Waals surface area contributed by atoms with E-state index in [1.165, 1.54) is 79.6 Å². The van der Waals surface area contributed by atoms with Gasteiger partial charge in [-0.15, -0.1) is 0 Å². The van der Waals surface area contributed by atoms with E-state index in [0.29, 0.717) is 59.1 Å². The summed E-state index contributed by atoms with van der Waals surface area (Å²) in [5.74, 6) is -3.04. The monoisotopic (exact) mass is 1350 g/mol. The Hall–Kier alpha value is -4.68. The molecule has 0 spiro atoms. The van der Waals surface area contributed by atoms with Crippen LogP contribution in [-0.2, 0) is 63.9 Å². The molecule has 0 bridgehead atoms. The lowest BCUT2D eigenvalue weighted by Crippen LogP contribution is -2.60. The average Bonchev–Trinajstić information content (AvgIpc) is 1.23. The summed E-state index contributed by atoms with van der Waals surface area (Å²) in [6.45, 7) is 10.7. The topological polar surface area (TPSA) is 254 Å². The first-order valence-electron chi connectivity index (χ1n) is 32.8. The van der Waals surface area contributed by atoms with Gasteiger partial charge in [-0.05, 0) is 104 Å². The van der Waals surface area contributed by atoms with Gasteiger partial charge in [-0.25, -0.2) is 16.8 Å². The van der Waals surface area contributed by atoms with Gasteiger partial charge in [-0.1, -0.05) is 134 Å². The summed E-state index contributed by atoms with van der Waals surface area (Å²) in [5, 5.41) is 28.1. The number of likely N-dealkylation sites (tertiary alicyclic amines) is 3. The minimum atomic E-state index is -3.89. The van der Waals surface area contributed by atoms with E-state index >= 15 is 0 Å². The van der Waals surface area contributed by atoms with E-state index in [1.54, 1.807) is 31.3 Å². The van der Waals surface area contributed by atoms with Crippen LogP contribution in [0.3, 0.4) is 0 Å². The largest absolute Gasteiger partial charge is 0.481 e. The van der Waals surface area contributed by atoms with Crippen molar-refractivity contribution in [3.8, 4) is 0 Å². The SMILES string of the molecule is CCCCCCCCc1ccc(N(C)S(=O)(=O)CC2(CC(=O)O)CCC[N+](C)(C)C2)cc1.CCCCCCCCc1ccc(NS(=O)(=O)NC2(CC(=O)O)CC[N+](C)(C)CC2)cc1.CCCCCc1ccc(S(=O)(=O)NC2(CC(=O)O)CC[N+](C)(C)C2)cc1.[CH3-].[CH3-].[CH3-]. The highest BCUT2D eigenvalue weighted by Gasteiger charge is 2.50. The Bertz CT molecular complexity index is 3010. The number of aliphatic carboxylic acids is 3. The minimum absolute atomic E-state index is 0. The molecule has 3 aromatic rings. The molecule has 2 unspecified atom stereocenters. The van der Waals surface area contributed by atoms with Gasteiger partial charge in [0.15, 0.2) is 0 Å². The van der Waals surface area contributed by atoms with E-state index in [9.17, 15) is 55.0 Å². The van der Waals surface area contributed by atoms with Crippen molar-refractivity contribution >= 4 is 59.5 Å². The zero-order valence-corrected chi connectivity index (χ0v) is 61.2. The van der Waals surface area contributed by atoms with Crippen molar-refractivity contribution in [3.05, 3.63) is 112 Å². The molecular weight excluding hydrogens is 1230 g/mol. The number of likely N-dealkylation sites (N-methyl/N-ethyl adjacent to an activating group) is 1. The number of rotatable bonds is 35. The summed E-state index contributed by atoms with van der Waals surface area (Å²) in [5.41, 5.74) is 2.03. The molecule has 19 nitrogen and oxygen atoms in total. The lowest BCUT2D eigenvalue weighted by Gasteiger charge is -2.45. The van der Waals surface area contributed by atoms with Gasteiger partial charge >= 0.3 is 17.9 Å². The molecule has 0 radical (unpaired) electrons. The highest BCUT2D eigenvalue weighted by molar-refractivity contribution is 7.92. The lowest BCUT2D eigenvalue weighted by molar-refractivity contribution is -0.902. The van der Waals surface area contributed by atoms with E-state index < -0.39 is 64.7 Å². The molecule has 92 heavy (non-hydrogen) atoms. The molecule has 3 saturated heterocycles. The zero-order valence-electron chi connectivity index (χ0n) is 58.8. The van der Waals surface area contributed by atoms with E-state index in [-0.39, 0.29) is 52.2 Å². The zero-order chi connectivity index (χ0) is 66.2. The van der Waals surface area contributed by atoms with Gasteiger partial charge in [-0.2, -0.15) is 17.9 Å². The summed E-state index contributed by atoms with van der Waals surface area (Å²) in [7, 11) is 2.50. The molecule has 0 aromatic heterocycles. The fourth-order valence-electron chi connectivity index (χ4n) is 13.2. The number of nitrogens with zero attached hydrogens (tertiary/aromatic N) is 4. The number of quaternary nitrogens is 3. The van der Waals surface area contributed by atoms with Gasteiger partial charge in [0.25, 0.3) is 10.2 Å². The van der Waals surface area contributed by atoms with Crippen LogP contribution in [0.1, 0.15) is 185 Å². The summed E-state index contributed by atoms with van der Waals surface area (Å²) in [4.78, 5) is 34.5. The normalized spacial score (nSPS) is 19.6. The van der Waals surface area contributed by atoms with Crippen LogP contribution in [0.25, 0.3) is 0 Å². The summed E-state index contributed by atoms with van der Waals surface area (Å²) >= 11 is 0. The molecule has 0 aliphatic carbocycles. The van der Waals surface area contributed by atoms with Crippen LogP contribution in [0.15, 0.2) is 77.7 Å². The molecule has 3 aliphatic rings. The number of unbranched alkanes of at least 4 members (excludes halogenated alkanes) is 12. The number of anilines is 2. The van der Waals surface area contributed by atoms with Crippen LogP contribution in [0, 0.1) is 27.7 Å². The van der Waals surface area contributed by atoms with Crippen LogP contribution in [0.4, 0.5) is 11.4 Å². The standard InChI is InChI=1S/C25H42N2O4S.C23H39N3O4S.C19H30N2O4S.3CH3/c1-5-6-7-8-9-10-12-22-13-15-23(16-14-22)26(2)32(30,31)21-25(19-24(28)29)17-11-18-27(3,4)20-25;1-4-5-6-7-8-9-10-20-11-13-21(14-12-20)24-31(29,30)25-23(19-22(27)28)15-17-26(2,3)18-16-23;1-4-5-6-7-16-8-10-17(11-9-16)26(24,25)20-19(14-18(22)23)12-13-21(2,3)15-19;;;/h13-16H,5-12,17-21H2,1-4H3;11-14,24-25H,4-10,15-19H2,1-3H3;8-11,20H,4-7,12-15H2,1-3H3;3*1H3/q;;;3*-1/p+3. The molecule has 3 heterocycles. The van der Waals surface area contributed by atoms with Crippen molar-refractivity contribution in [2.75, 3.05) is 103 Å². The highest BCUT2D eigenvalue weighted by Crippen LogP contribution is 2.39. The molecular formula is C70H123N7O12S3. The van der Waals surface area contributed by atoms with Gasteiger partial charge < -0.3 is 51.0 Å². The quantitative estimate of drug-likeness (QED) is 0.0183. The molecule has 3 aromatic carbocycles. The van der Waals surface area contributed by atoms with Crippen molar-refractivity contribution in [1.29, 1.82) is 0 Å². The van der Waals surface area contributed by atoms with E-state index in [4.69, 9.17) is 0 Å². The molecule has 3 aliphatic heterocycles. The van der Waals surface area contributed by atoms with Crippen LogP contribution in [0.5, 0.6) is 0 Å². The third-order valence-corrected chi connectivity index (χ3v) is 22.9. The number of carboxylic acids is 3. The third kappa shape index (κ3) is 30.4. The molecule has 0 saturated carbocycles. The second-order valence-corrected chi connectivity index (χ2v) is 33.3. The van der Waals surface area contributed by atoms with E-state index in [1.807, 2.05) is 62.6 Å². The number of hydrogen-bond donors (Lipinski definition) is 6. The van der Waals surface area contributed by atoms with Gasteiger partial charge in [0.05, 0.1) is 128 Å². The predicted octanol–water partition coefficient (Wildman–Crippen LogP) is 12.3. The third-order valence-electron chi connectivity index (χ3n) is 18.1. The number of carboxylic acid groups (broad SMARTS) is 3. The number of benzene rings is 3. The van der Waals surface area contributed by atoms with Gasteiger partial charge in [0.2, 0.25) is 20.0 Å². The molecule has 528 valence electrons. The Morgan fingerprint density at radius 1 is 0.478 bits per heavy atom.